The summed E-state index contributed by atoms with van der Waals surface area (Å²) in [5.41, 5.74) is -1.19. The number of terminal acetylenes is 1. The monoisotopic (exact) mass is 415 g/mol. The number of halogens is 4. The van der Waals surface area contributed by atoms with Gasteiger partial charge in [-0.2, -0.15) is 17.5 Å². The molecule has 1 atom stereocenters. The van der Waals surface area contributed by atoms with Crippen molar-refractivity contribution in [2.45, 2.75) is 23.5 Å². The fourth-order valence-corrected chi connectivity index (χ4v) is 6.40. The molecular weight excluding hydrogens is 403 g/mol. The molecule has 5 nitrogen and oxygen atoms in total. The van der Waals surface area contributed by atoms with Crippen molar-refractivity contribution in [1.82, 2.24) is 4.31 Å². The molecule has 0 saturated carbocycles. The Kier molecular flexibility index (Phi) is 5.45. The van der Waals surface area contributed by atoms with E-state index in [1.54, 1.807) is 0 Å². The molecule has 1 saturated heterocycles. The van der Waals surface area contributed by atoms with Gasteiger partial charge in [0.15, 0.2) is 9.84 Å². The number of benzene rings is 1. The molecule has 1 aromatic carbocycles. The minimum atomic E-state index is -4.76. The van der Waals surface area contributed by atoms with E-state index >= 15 is 0 Å². The number of rotatable bonds is 4. The third kappa shape index (κ3) is 4.28. The second-order valence-electron chi connectivity index (χ2n) is 5.45. The number of alkyl halides is 3. The summed E-state index contributed by atoms with van der Waals surface area (Å²) in [4.78, 5) is -0.761. The second-order valence-corrected chi connectivity index (χ2v) is 9.95. The van der Waals surface area contributed by atoms with Gasteiger partial charge < -0.3 is 0 Å². The molecule has 138 valence electrons. The lowest BCUT2D eigenvalue weighted by molar-refractivity contribution is -0.137. The van der Waals surface area contributed by atoms with Gasteiger partial charge in [-0.3, -0.25) is 0 Å². The van der Waals surface area contributed by atoms with Crippen molar-refractivity contribution in [3.8, 4) is 12.3 Å². The summed E-state index contributed by atoms with van der Waals surface area (Å²) in [6.07, 6.45) is 0.410. The molecule has 1 aliphatic rings. The van der Waals surface area contributed by atoms with E-state index in [1.165, 1.54) is 0 Å². The van der Waals surface area contributed by atoms with Crippen molar-refractivity contribution in [3.63, 3.8) is 0 Å². The van der Waals surface area contributed by atoms with Crippen molar-refractivity contribution in [3.05, 3.63) is 28.8 Å². The lowest BCUT2D eigenvalue weighted by Crippen LogP contribution is -2.41. The molecule has 1 heterocycles. The van der Waals surface area contributed by atoms with E-state index in [1.807, 2.05) is 0 Å². The van der Waals surface area contributed by atoms with Gasteiger partial charge in [-0.1, -0.05) is 17.5 Å². The Morgan fingerprint density at radius 2 is 2.00 bits per heavy atom. The maximum Gasteiger partial charge on any atom is 0.416 e. The van der Waals surface area contributed by atoms with Crippen LogP contribution in [0.4, 0.5) is 13.2 Å². The fourth-order valence-electron chi connectivity index (χ4n) is 2.51. The fraction of sp³-hybridized carbons (Fsp3) is 0.429. The predicted molar refractivity (Wildman–Crippen MR) is 86.2 cm³/mol. The smallest absolute Gasteiger partial charge is 0.229 e. The summed E-state index contributed by atoms with van der Waals surface area (Å²) < 4.78 is 88.2. The maximum absolute atomic E-state index is 12.9. The first-order chi connectivity index (χ1) is 11.4. The lowest BCUT2D eigenvalue weighted by atomic mass is 10.2. The van der Waals surface area contributed by atoms with E-state index in [4.69, 9.17) is 18.0 Å². The molecule has 25 heavy (non-hydrogen) atoms. The molecule has 2 rings (SSSR count). The van der Waals surface area contributed by atoms with E-state index in [-0.39, 0.29) is 12.2 Å². The van der Waals surface area contributed by atoms with Crippen LogP contribution >= 0.6 is 11.6 Å². The van der Waals surface area contributed by atoms with Crippen molar-refractivity contribution >= 4 is 31.5 Å². The van der Waals surface area contributed by atoms with Gasteiger partial charge in [0.1, 0.15) is 4.90 Å². The van der Waals surface area contributed by atoms with Crippen LogP contribution in [-0.4, -0.2) is 45.2 Å². The summed E-state index contributed by atoms with van der Waals surface area (Å²) in [6, 6.07) is 0.963. The Morgan fingerprint density at radius 3 is 2.48 bits per heavy atom. The molecule has 0 amide bonds. The van der Waals surface area contributed by atoms with Gasteiger partial charge in [-0.25, -0.2) is 16.8 Å². The van der Waals surface area contributed by atoms with Gasteiger partial charge in [0.25, 0.3) is 0 Å². The summed E-state index contributed by atoms with van der Waals surface area (Å²) in [5, 5.41) is -0.407. The van der Waals surface area contributed by atoms with Gasteiger partial charge in [0.05, 0.1) is 28.6 Å². The van der Waals surface area contributed by atoms with E-state index in [2.05, 4.69) is 5.92 Å². The van der Waals surface area contributed by atoms with Crippen molar-refractivity contribution < 1.29 is 30.0 Å². The highest BCUT2D eigenvalue weighted by molar-refractivity contribution is 7.92. The van der Waals surface area contributed by atoms with E-state index < -0.39 is 59.9 Å². The molecule has 0 radical (unpaired) electrons. The minimum absolute atomic E-state index is 0.0137. The van der Waals surface area contributed by atoms with Crippen LogP contribution in [-0.2, 0) is 26.0 Å². The molecule has 0 bridgehead atoms. The maximum atomic E-state index is 12.9. The van der Waals surface area contributed by atoms with Crippen LogP contribution < -0.4 is 0 Å². The van der Waals surface area contributed by atoms with Gasteiger partial charge in [0, 0.05) is 6.04 Å². The molecule has 1 aliphatic heterocycles. The van der Waals surface area contributed by atoms with Crippen molar-refractivity contribution in [1.29, 1.82) is 0 Å². The first-order valence-electron chi connectivity index (χ1n) is 6.91. The highest BCUT2D eigenvalue weighted by Gasteiger charge is 2.40. The third-order valence-electron chi connectivity index (χ3n) is 3.71. The second kappa shape index (κ2) is 6.79. The first kappa shape index (κ1) is 20.0. The first-order valence-corrected chi connectivity index (χ1v) is 10.5. The molecule has 1 aromatic rings. The van der Waals surface area contributed by atoms with E-state index in [0.29, 0.717) is 12.1 Å². The summed E-state index contributed by atoms with van der Waals surface area (Å²) in [6.45, 7) is -0.477. The molecule has 1 fully saturated rings. The summed E-state index contributed by atoms with van der Waals surface area (Å²) in [5.74, 6) is 1.44. The van der Waals surface area contributed by atoms with Crippen LogP contribution in [0.25, 0.3) is 0 Å². The van der Waals surface area contributed by atoms with Crippen molar-refractivity contribution in [2.75, 3.05) is 18.1 Å². The SMILES string of the molecule is C#CCN(C1CCS(=O)(=O)C1)S(=O)(=O)c1cc(C(F)(F)F)ccc1Cl. The van der Waals surface area contributed by atoms with Crippen LogP contribution in [0.5, 0.6) is 0 Å². The zero-order valence-electron chi connectivity index (χ0n) is 12.6. The normalized spacial score (nSPS) is 20.6. The molecule has 11 heteroatoms. The topological polar surface area (TPSA) is 71.5 Å². The number of hydrogen-bond acceptors (Lipinski definition) is 4. The average Bonchev–Trinajstić information content (AvgIpc) is 2.83. The Labute approximate surface area is 148 Å². The largest absolute Gasteiger partial charge is 0.416 e. The average molecular weight is 416 g/mol. The van der Waals surface area contributed by atoms with Gasteiger partial charge in [0.2, 0.25) is 10.0 Å². The third-order valence-corrected chi connectivity index (χ3v) is 7.84. The van der Waals surface area contributed by atoms with Gasteiger partial charge >= 0.3 is 6.18 Å². The van der Waals surface area contributed by atoms with Gasteiger partial charge in [-0.15, -0.1) is 6.42 Å². The van der Waals surface area contributed by atoms with Crippen LogP contribution in [0.2, 0.25) is 5.02 Å². The Balaban J connectivity index is 2.53. The highest BCUT2D eigenvalue weighted by Crippen LogP contribution is 2.35. The van der Waals surface area contributed by atoms with Crippen LogP contribution in [0, 0.1) is 12.3 Å². The number of sulfone groups is 1. The minimum Gasteiger partial charge on any atom is -0.229 e. The molecule has 0 N–H and O–H groups in total. The highest BCUT2D eigenvalue weighted by atomic mass is 35.5. The Morgan fingerprint density at radius 1 is 1.36 bits per heavy atom. The van der Waals surface area contributed by atoms with E-state index in [0.717, 1.165) is 10.4 Å². The molecular formula is C14H13ClF3NO4S2. The molecule has 0 aliphatic carbocycles. The quantitative estimate of drug-likeness (QED) is 0.706. The molecule has 0 spiro atoms. The zero-order valence-corrected chi connectivity index (χ0v) is 15.0. The number of sulfonamides is 1. The summed E-state index contributed by atoms with van der Waals surface area (Å²) in [7, 11) is -7.95. The van der Waals surface area contributed by atoms with Crippen molar-refractivity contribution in [2.24, 2.45) is 0 Å². The van der Waals surface area contributed by atoms with Crippen LogP contribution in [0.1, 0.15) is 12.0 Å². The van der Waals surface area contributed by atoms with Crippen LogP contribution in [0.15, 0.2) is 23.1 Å². The summed E-state index contributed by atoms with van der Waals surface area (Å²) >= 11 is 5.79. The molecule has 0 aromatic heterocycles. The Hall–Kier alpha value is -1.28. The Bertz CT molecular complexity index is 920. The molecule has 1 unspecified atom stereocenters. The van der Waals surface area contributed by atoms with Crippen LogP contribution in [0.3, 0.4) is 0 Å². The zero-order chi connectivity index (χ0) is 19.0. The standard InChI is InChI=1S/C14H13ClF3NO4S2/c1-2-6-19(11-5-7-24(20,21)9-11)25(22,23)13-8-10(14(16,17)18)3-4-12(13)15/h1,3-4,8,11H,5-7,9H2. The van der Waals surface area contributed by atoms with E-state index in [9.17, 15) is 30.0 Å². The predicted octanol–water partition coefficient (Wildman–Crippen LogP) is 2.17. The number of nitrogens with zero attached hydrogens (tertiary/aromatic N) is 1. The lowest BCUT2D eigenvalue weighted by Gasteiger charge is -2.26. The van der Waals surface area contributed by atoms with Gasteiger partial charge in [-0.05, 0) is 24.6 Å². The number of hydrogen-bond donors (Lipinski definition) is 0.